The quantitative estimate of drug-likeness (QED) is 0.841. The highest BCUT2D eigenvalue weighted by Gasteiger charge is 2.25. The lowest BCUT2D eigenvalue weighted by atomic mass is 10.0. The molecule has 0 radical (unpaired) electrons. The maximum atomic E-state index is 10.3. The van der Waals surface area contributed by atoms with Gasteiger partial charge in [0, 0.05) is 31.8 Å². The van der Waals surface area contributed by atoms with Gasteiger partial charge in [0.05, 0.1) is 0 Å². The van der Waals surface area contributed by atoms with Crippen molar-refractivity contribution in [2.45, 2.75) is 51.8 Å². The van der Waals surface area contributed by atoms with Gasteiger partial charge in [0.2, 0.25) is 0 Å². The summed E-state index contributed by atoms with van der Waals surface area (Å²) >= 11 is 0. The summed E-state index contributed by atoms with van der Waals surface area (Å²) < 4.78 is 11.1. The van der Waals surface area contributed by atoms with Crippen LogP contribution in [0.25, 0.3) is 0 Å². The molecule has 1 heterocycles. The van der Waals surface area contributed by atoms with E-state index in [-0.39, 0.29) is 0 Å². The number of aliphatic hydroxyl groups excluding tert-OH is 1. The van der Waals surface area contributed by atoms with Gasteiger partial charge in [0.15, 0.2) is 0 Å². The number of hydrogen-bond acceptors (Lipinski definition) is 4. The summed E-state index contributed by atoms with van der Waals surface area (Å²) in [6, 6.07) is 8.84. The molecule has 0 bridgehead atoms. The van der Waals surface area contributed by atoms with Crippen molar-refractivity contribution in [1.29, 1.82) is 0 Å². The van der Waals surface area contributed by atoms with E-state index in [4.69, 9.17) is 9.47 Å². The van der Waals surface area contributed by atoms with Crippen molar-refractivity contribution in [1.82, 2.24) is 4.90 Å². The summed E-state index contributed by atoms with van der Waals surface area (Å²) in [5.74, 6) is 0.812. The molecule has 4 nitrogen and oxygen atoms in total. The Balaban J connectivity index is 1.82. The van der Waals surface area contributed by atoms with Gasteiger partial charge in [-0.25, -0.2) is 0 Å². The molecule has 0 spiro atoms. The first-order chi connectivity index (χ1) is 10.6. The molecule has 0 aliphatic carbocycles. The van der Waals surface area contributed by atoms with Gasteiger partial charge in [0.1, 0.15) is 18.5 Å². The summed E-state index contributed by atoms with van der Waals surface area (Å²) in [7, 11) is 0. The van der Waals surface area contributed by atoms with Crippen LogP contribution in [0.5, 0.6) is 5.75 Å². The Morgan fingerprint density at radius 1 is 1.23 bits per heavy atom. The van der Waals surface area contributed by atoms with E-state index in [2.05, 4.69) is 18.7 Å². The van der Waals surface area contributed by atoms with Crippen molar-refractivity contribution in [3.05, 3.63) is 29.8 Å². The Morgan fingerprint density at radius 2 is 1.86 bits per heavy atom. The maximum absolute atomic E-state index is 10.3. The average Bonchev–Trinajstić information content (AvgIpc) is 2.52. The Morgan fingerprint density at radius 3 is 2.45 bits per heavy atom. The number of aryl methyl sites for hydroxylation is 1. The molecule has 1 saturated heterocycles. The van der Waals surface area contributed by atoms with Crippen molar-refractivity contribution >= 4 is 0 Å². The van der Waals surface area contributed by atoms with Crippen LogP contribution in [-0.4, -0.2) is 54.6 Å². The molecular formula is C18H29NO3. The standard InChI is InChI=1S/C18H29NO3/c1-14(2)19(16-8-10-21-11-9-16)12-17(20)13-22-18-6-4-15(3)5-7-18/h4-7,14,16-17,20H,8-13H2,1-3H3. The molecule has 1 unspecified atom stereocenters. The fourth-order valence-corrected chi connectivity index (χ4v) is 2.92. The van der Waals surface area contributed by atoms with Gasteiger partial charge in [-0.05, 0) is 45.7 Å². The Bertz CT molecular complexity index is 426. The summed E-state index contributed by atoms with van der Waals surface area (Å²) in [4.78, 5) is 2.38. The van der Waals surface area contributed by atoms with E-state index in [0.717, 1.165) is 31.8 Å². The second-order valence-corrected chi connectivity index (χ2v) is 6.41. The Labute approximate surface area is 134 Å². The molecule has 1 aromatic rings. The Kier molecular flexibility index (Phi) is 6.68. The largest absolute Gasteiger partial charge is 0.491 e. The topological polar surface area (TPSA) is 41.9 Å². The minimum atomic E-state index is -0.480. The van der Waals surface area contributed by atoms with Crippen molar-refractivity contribution in [2.75, 3.05) is 26.4 Å². The van der Waals surface area contributed by atoms with Crippen LogP contribution in [0.3, 0.4) is 0 Å². The van der Waals surface area contributed by atoms with Crippen LogP contribution >= 0.6 is 0 Å². The van der Waals surface area contributed by atoms with Crippen molar-refractivity contribution in [3.63, 3.8) is 0 Å². The van der Waals surface area contributed by atoms with Crippen LogP contribution < -0.4 is 4.74 Å². The van der Waals surface area contributed by atoms with Crippen LogP contribution in [-0.2, 0) is 4.74 Å². The molecule has 22 heavy (non-hydrogen) atoms. The van der Waals surface area contributed by atoms with Crippen LogP contribution in [0, 0.1) is 6.92 Å². The Hall–Kier alpha value is -1.10. The normalized spacial score (nSPS) is 17.9. The molecule has 1 aromatic carbocycles. The second kappa shape index (κ2) is 8.51. The van der Waals surface area contributed by atoms with E-state index in [0.29, 0.717) is 25.2 Å². The third-order valence-electron chi connectivity index (χ3n) is 4.21. The van der Waals surface area contributed by atoms with Gasteiger partial charge in [-0.15, -0.1) is 0 Å². The third-order valence-corrected chi connectivity index (χ3v) is 4.21. The fourth-order valence-electron chi connectivity index (χ4n) is 2.92. The second-order valence-electron chi connectivity index (χ2n) is 6.41. The summed E-state index contributed by atoms with van der Waals surface area (Å²) in [5.41, 5.74) is 1.21. The zero-order valence-electron chi connectivity index (χ0n) is 14.0. The van der Waals surface area contributed by atoms with E-state index < -0.39 is 6.10 Å². The zero-order chi connectivity index (χ0) is 15.9. The molecule has 124 valence electrons. The van der Waals surface area contributed by atoms with E-state index in [1.165, 1.54) is 5.56 Å². The SMILES string of the molecule is Cc1ccc(OCC(O)CN(C(C)C)C2CCOCC2)cc1. The van der Waals surface area contributed by atoms with Gasteiger partial charge < -0.3 is 14.6 Å². The number of nitrogens with zero attached hydrogens (tertiary/aromatic N) is 1. The number of ether oxygens (including phenoxy) is 2. The van der Waals surface area contributed by atoms with E-state index in [1.807, 2.05) is 31.2 Å². The van der Waals surface area contributed by atoms with Crippen LogP contribution in [0.15, 0.2) is 24.3 Å². The highest BCUT2D eigenvalue weighted by molar-refractivity contribution is 5.26. The molecule has 1 aliphatic heterocycles. The zero-order valence-corrected chi connectivity index (χ0v) is 14.0. The summed E-state index contributed by atoms with van der Waals surface area (Å²) in [6.07, 6.45) is 1.61. The molecule has 1 N–H and O–H groups in total. The molecular weight excluding hydrogens is 278 g/mol. The van der Waals surface area contributed by atoms with Crippen molar-refractivity contribution in [2.24, 2.45) is 0 Å². The number of benzene rings is 1. The molecule has 4 heteroatoms. The first-order valence-electron chi connectivity index (χ1n) is 8.27. The fraction of sp³-hybridized carbons (Fsp3) is 0.667. The first kappa shape index (κ1) is 17.3. The lowest BCUT2D eigenvalue weighted by Crippen LogP contribution is -2.48. The molecule has 1 atom stereocenters. The van der Waals surface area contributed by atoms with Gasteiger partial charge in [-0.3, -0.25) is 4.90 Å². The highest BCUT2D eigenvalue weighted by atomic mass is 16.5. The minimum absolute atomic E-state index is 0.329. The molecule has 2 rings (SSSR count). The lowest BCUT2D eigenvalue weighted by Gasteiger charge is -2.38. The molecule has 0 amide bonds. The van der Waals surface area contributed by atoms with E-state index in [9.17, 15) is 5.11 Å². The number of rotatable bonds is 7. The van der Waals surface area contributed by atoms with Gasteiger partial charge >= 0.3 is 0 Å². The predicted octanol–water partition coefficient (Wildman–Crippen LogP) is 2.62. The maximum Gasteiger partial charge on any atom is 0.119 e. The average molecular weight is 307 g/mol. The molecule has 1 fully saturated rings. The van der Waals surface area contributed by atoms with Crippen LogP contribution in [0.4, 0.5) is 0 Å². The van der Waals surface area contributed by atoms with Crippen molar-refractivity contribution < 1.29 is 14.6 Å². The number of hydrogen-bond donors (Lipinski definition) is 1. The monoisotopic (exact) mass is 307 g/mol. The molecule has 0 saturated carbocycles. The predicted molar refractivity (Wildman–Crippen MR) is 88.4 cm³/mol. The van der Waals surface area contributed by atoms with Crippen LogP contribution in [0.1, 0.15) is 32.3 Å². The third kappa shape index (κ3) is 5.27. The number of aliphatic hydroxyl groups is 1. The molecule has 0 aromatic heterocycles. The molecule has 1 aliphatic rings. The van der Waals surface area contributed by atoms with E-state index in [1.54, 1.807) is 0 Å². The van der Waals surface area contributed by atoms with Gasteiger partial charge in [-0.1, -0.05) is 17.7 Å². The van der Waals surface area contributed by atoms with Gasteiger partial charge in [-0.2, -0.15) is 0 Å². The van der Waals surface area contributed by atoms with Crippen molar-refractivity contribution in [3.8, 4) is 5.75 Å². The van der Waals surface area contributed by atoms with Crippen LogP contribution in [0.2, 0.25) is 0 Å². The summed E-state index contributed by atoms with van der Waals surface area (Å²) in [6.45, 7) is 9.04. The first-order valence-corrected chi connectivity index (χ1v) is 8.27. The highest BCUT2D eigenvalue weighted by Crippen LogP contribution is 2.18. The van der Waals surface area contributed by atoms with Gasteiger partial charge in [0.25, 0.3) is 0 Å². The lowest BCUT2D eigenvalue weighted by molar-refractivity contribution is -0.00750. The minimum Gasteiger partial charge on any atom is -0.491 e. The van der Waals surface area contributed by atoms with E-state index >= 15 is 0 Å². The smallest absolute Gasteiger partial charge is 0.119 e. The summed E-state index contributed by atoms with van der Waals surface area (Å²) in [5, 5.41) is 10.3.